The molecule has 0 unspecified atom stereocenters. The Morgan fingerprint density at radius 2 is 1.76 bits per heavy atom. The maximum atomic E-state index is 9.98. The zero-order chi connectivity index (χ0) is 11.9. The fourth-order valence-corrected chi connectivity index (χ4v) is 3.53. The maximum Gasteiger partial charge on any atom is 0.119 e. The first-order chi connectivity index (χ1) is 8.27. The third-order valence-electron chi connectivity index (χ3n) is 4.78. The van der Waals surface area contributed by atoms with Crippen LogP contribution in [-0.2, 0) is 18.3 Å². The zero-order valence-electron chi connectivity index (χ0n) is 10.3. The molecule has 17 heavy (non-hydrogen) atoms. The molecule has 1 fully saturated rings. The van der Waals surface area contributed by atoms with Crippen LogP contribution >= 0.6 is 0 Å². The Hall–Kier alpha value is -1.02. The molecule has 0 aliphatic heterocycles. The minimum Gasteiger partial charge on any atom is -0.508 e. The van der Waals surface area contributed by atoms with Gasteiger partial charge < -0.3 is 10.8 Å². The summed E-state index contributed by atoms with van der Waals surface area (Å²) in [4.78, 5) is 0. The van der Waals surface area contributed by atoms with Gasteiger partial charge in [0.15, 0.2) is 0 Å². The average Bonchev–Trinajstić information content (AvgIpc) is 2.32. The highest BCUT2D eigenvalue weighted by Crippen LogP contribution is 2.47. The Balaban J connectivity index is 2.11. The van der Waals surface area contributed by atoms with Gasteiger partial charge in [-0.05, 0) is 61.3 Å². The van der Waals surface area contributed by atoms with Crippen molar-refractivity contribution in [1.29, 1.82) is 0 Å². The number of fused-ring (bicyclic) bond motifs is 1. The molecule has 1 saturated carbocycles. The molecule has 3 rings (SSSR count). The third kappa shape index (κ3) is 1.58. The van der Waals surface area contributed by atoms with E-state index in [0.717, 1.165) is 19.4 Å². The van der Waals surface area contributed by atoms with Gasteiger partial charge in [0.1, 0.15) is 5.75 Å². The monoisotopic (exact) mass is 231 g/mol. The summed E-state index contributed by atoms with van der Waals surface area (Å²) in [5.41, 5.74) is 10.3. The fraction of sp³-hybridized carbons (Fsp3) is 0.600. The Labute approximate surface area is 103 Å². The van der Waals surface area contributed by atoms with Gasteiger partial charge in [0, 0.05) is 12.0 Å². The Morgan fingerprint density at radius 1 is 1.06 bits per heavy atom. The van der Waals surface area contributed by atoms with Crippen LogP contribution in [0.25, 0.3) is 0 Å². The van der Waals surface area contributed by atoms with Gasteiger partial charge >= 0.3 is 0 Å². The van der Waals surface area contributed by atoms with Crippen LogP contribution in [0.3, 0.4) is 0 Å². The van der Waals surface area contributed by atoms with E-state index in [4.69, 9.17) is 5.73 Å². The highest BCUT2D eigenvalue weighted by molar-refractivity contribution is 5.49. The van der Waals surface area contributed by atoms with Crippen molar-refractivity contribution in [2.45, 2.75) is 50.4 Å². The molecular weight excluding hydrogens is 210 g/mol. The molecule has 0 heterocycles. The molecule has 1 aromatic rings. The fourth-order valence-electron chi connectivity index (χ4n) is 3.53. The lowest BCUT2D eigenvalue weighted by Crippen LogP contribution is -2.42. The van der Waals surface area contributed by atoms with E-state index in [2.05, 4.69) is 6.07 Å². The van der Waals surface area contributed by atoms with Crippen LogP contribution in [0, 0.1) is 0 Å². The SMILES string of the molecule is NCC1(c2ccc(O)c3c2CCCC3)CCC1. The van der Waals surface area contributed by atoms with Crippen molar-refractivity contribution in [3.05, 3.63) is 28.8 Å². The van der Waals surface area contributed by atoms with Crippen molar-refractivity contribution in [2.75, 3.05) is 6.54 Å². The van der Waals surface area contributed by atoms with E-state index in [-0.39, 0.29) is 5.41 Å². The first-order valence-corrected chi connectivity index (χ1v) is 6.81. The van der Waals surface area contributed by atoms with Crippen LogP contribution in [0.2, 0.25) is 0 Å². The smallest absolute Gasteiger partial charge is 0.119 e. The molecule has 0 radical (unpaired) electrons. The Morgan fingerprint density at radius 3 is 2.35 bits per heavy atom. The van der Waals surface area contributed by atoms with Crippen LogP contribution in [0.1, 0.15) is 48.8 Å². The average molecular weight is 231 g/mol. The summed E-state index contributed by atoms with van der Waals surface area (Å²) in [6.45, 7) is 0.754. The van der Waals surface area contributed by atoms with Crippen LogP contribution in [0.4, 0.5) is 0 Å². The number of rotatable bonds is 2. The van der Waals surface area contributed by atoms with E-state index in [0.29, 0.717) is 5.75 Å². The number of hydrogen-bond donors (Lipinski definition) is 2. The summed E-state index contributed by atoms with van der Waals surface area (Å²) in [7, 11) is 0. The van der Waals surface area contributed by atoms with E-state index < -0.39 is 0 Å². The van der Waals surface area contributed by atoms with Gasteiger partial charge in [0.25, 0.3) is 0 Å². The minimum absolute atomic E-state index is 0.231. The predicted octanol–water partition coefficient (Wildman–Crippen LogP) is 2.65. The van der Waals surface area contributed by atoms with E-state index in [1.54, 1.807) is 0 Å². The molecule has 0 bridgehead atoms. The molecule has 0 amide bonds. The van der Waals surface area contributed by atoms with Gasteiger partial charge in [-0.1, -0.05) is 12.5 Å². The lowest BCUT2D eigenvalue weighted by Gasteiger charge is -2.43. The predicted molar refractivity (Wildman–Crippen MR) is 69.3 cm³/mol. The molecule has 2 aliphatic rings. The molecule has 0 atom stereocenters. The van der Waals surface area contributed by atoms with Crippen LogP contribution in [0.5, 0.6) is 5.75 Å². The summed E-state index contributed by atoms with van der Waals surface area (Å²) in [5.74, 6) is 0.495. The quantitative estimate of drug-likeness (QED) is 0.822. The number of benzene rings is 1. The minimum atomic E-state index is 0.231. The molecular formula is C15H21NO. The number of phenolic OH excluding ortho intramolecular Hbond substituents is 1. The highest BCUT2D eigenvalue weighted by Gasteiger charge is 2.39. The van der Waals surface area contributed by atoms with Crippen molar-refractivity contribution in [3.8, 4) is 5.75 Å². The maximum absolute atomic E-state index is 9.98. The summed E-state index contributed by atoms with van der Waals surface area (Å²) in [6, 6.07) is 4.01. The first-order valence-electron chi connectivity index (χ1n) is 6.81. The van der Waals surface area contributed by atoms with E-state index >= 15 is 0 Å². The van der Waals surface area contributed by atoms with Gasteiger partial charge in [0.05, 0.1) is 0 Å². The van der Waals surface area contributed by atoms with E-state index in [1.165, 1.54) is 48.8 Å². The van der Waals surface area contributed by atoms with Crippen LogP contribution in [0.15, 0.2) is 12.1 Å². The highest BCUT2D eigenvalue weighted by atomic mass is 16.3. The largest absolute Gasteiger partial charge is 0.508 e. The third-order valence-corrected chi connectivity index (χ3v) is 4.78. The standard InChI is InChI=1S/C15H21NO/c16-10-15(8-3-9-15)13-6-7-14(17)12-5-2-1-4-11(12)13/h6-7,17H,1-5,8-10,16H2. The van der Waals surface area contributed by atoms with Crippen LogP contribution in [-0.4, -0.2) is 11.7 Å². The van der Waals surface area contributed by atoms with Gasteiger partial charge in [-0.2, -0.15) is 0 Å². The van der Waals surface area contributed by atoms with Gasteiger partial charge in [-0.15, -0.1) is 0 Å². The Kier molecular flexibility index (Phi) is 2.62. The molecule has 0 aromatic heterocycles. The second kappa shape index (κ2) is 4.02. The Bertz CT molecular complexity index is 429. The van der Waals surface area contributed by atoms with Crippen LogP contribution < -0.4 is 5.73 Å². The number of nitrogens with two attached hydrogens (primary N) is 1. The number of aromatic hydroxyl groups is 1. The molecule has 2 nitrogen and oxygen atoms in total. The van der Waals surface area contributed by atoms with E-state index in [1.807, 2.05) is 6.07 Å². The molecule has 1 aromatic carbocycles. The molecule has 2 heteroatoms. The van der Waals surface area contributed by atoms with Crippen molar-refractivity contribution < 1.29 is 5.11 Å². The molecule has 3 N–H and O–H groups in total. The lowest BCUT2D eigenvalue weighted by molar-refractivity contribution is 0.250. The molecule has 92 valence electrons. The number of phenols is 1. The van der Waals surface area contributed by atoms with Gasteiger partial charge in [0.2, 0.25) is 0 Å². The van der Waals surface area contributed by atoms with Crippen molar-refractivity contribution in [1.82, 2.24) is 0 Å². The van der Waals surface area contributed by atoms with E-state index in [9.17, 15) is 5.11 Å². The summed E-state index contributed by atoms with van der Waals surface area (Å²) in [5, 5.41) is 9.98. The second-order valence-corrected chi connectivity index (χ2v) is 5.63. The lowest BCUT2D eigenvalue weighted by atomic mass is 9.62. The molecule has 0 spiro atoms. The summed E-state index contributed by atoms with van der Waals surface area (Å²) in [6.07, 6.45) is 8.37. The second-order valence-electron chi connectivity index (χ2n) is 5.63. The van der Waals surface area contributed by atoms with Crippen molar-refractivity contribution in [3.63, 3.8) is 0 Å². The summed E-state index contributed by atoms with van der Waals surface area (Å²) < 4.78 is 0. The molecule has 2 aliphatic carbocycles. The van der Waals surface area contributed by atoms with Gasteiger partial charge in [-0.3, -0.25) is 0 Å². The van der Waals surface area contributed by atoms with Crippen molar-refractivity contribution >= 4 is 0 Å². The topological polar surface area (TPSA) is 46.2 Å². The first kappa shape index (κ1) is 11.1. The number of hydrogen-bond acceptors (Lipinski definition) is 2. The normalized spacial score (nSPS) is 21.7. The zero-order valence-corrected chi connectivity index (χ0v) is 10.3. The summed E-state index contributed by atoms with van der Waals surface area (Å²) >= 11 is 0. The van der Waals surface area contributed by atoms with Gasteiger partial charge in [-0.25, -0.2) is 0 Å². The molecule has 0 saturated heterocycles. The van der Waals surface area contributed by atoms with Crippen molar-refractivity contribution in [2.24, 2.45) is 5.73 Å².